The third-order valence-corrected chi connectivity index (χ3v) is 6.80. The number of piperidine rings is 1. The number of likely N-dealkylation sites (tertiary alicyclic amines) is 1. The highest BCUT2D eigenvalue weighted by Crippen LogP contribution is 2.47. The molecule has 4 nitrogen and oxygen atoms in total. The van der Waals surface area contributed by atoms with Crippen LogP contribution in [0, 0.1) is 11.8 Å². The predicted molar refractivity (Wildman–Crippen MR) is 103 cm³/mol. The van der Waals surface area contributed by atoms with Gasteiger partial charge in [0, 0.05) is 25.4 Å². The Balaban J connectivity index is 1.50. The average Bonchev–Trinajstić information content (AvgIpc) is 2.96. The Kier molecular flexibility index (Phi) is 5.40. The number of ether oxygens (including phenoxy) is 1. The van der Waals surface area contributed by atoms with Crippen LogP contribution in [0.3, 0.4) is 0 Å². The van der Waals surface area contributed by atoms with Crippen molar-refractivity contribution in [3.8, 4) is 0 Å². The van der Waals surface area contributed by atoms with Crippen LogP contribution in [-0.4, -0.2) is 47.2 Å². The lowest BCUT2D eigenvalue weighted by Crippen LogP contribution is -2.60. The molecule has 1 aromatic rings. The van der Waals surface area contributed by atoms with Crippen LogP contribution in [0.1, 0.15) is 50.7 Å². The number of halogens is 3. The Morgan fingerprint density at radius 1 is 1.24 bits per heavy atom. The Labute approximate surface area is 170 Å². The number of hydrogen-bond donors (Lipinski definition) is 0. The number of amides is 1. The summed E-state index contributed by atoms with van der Waals surface area (Å²) in [5.74, 6) is 0.790. The van der Waals surface area contributed by atoms with Crippen LogP contribution in [0.25, 0.3) is 0 Å². The number of carbonyl (C=O) groups excluding carboxylic acids is 1. The zero-order chi connectivity index (χ0) is 20.8. The molecule has 0 aromatic heterocycles. The summed E-state index contributed by atoms with van der Waals surface area (Å²) in [6.45, 7) is 7.15. The van der Waals surface area contributed by atoms with Crippen molar-refractivity contribution in [1.29, 1.82) is 0 Å². The van der Waals surface area contributed by atoms with E-state index in [9.17, 15) is 18.0 Å². The number of rotatable bonds is 3. The Morgan fingerprint density at radius 2 is 1.97 bits per heavy atom. The van der Waals surface area contributed by atoms with Gasteiger partial charge in [0.15, 0.2) is 0 Å². The molecule has 29 heavy (non-hydrogen) atoms. The summed E-state index contributed by atoms with van der Waals surface area (Å²) in [6.07, 6.45) is -1.21. The molecule has 3 aliphatic rings. The lowest BCUT2D eigenvalue weighted by Gasteiger charge is -2.48. The zero-order valence-corrected chi connectivity index (χ0v) is 17.0. The summed E-state index contributed by atoms with van der Waals surface area (Å²) >= 11 is 0. The molecule has 0 N–H and O–H groups in total. The fourth-order valence-electron chi connectivity index (χ4n) is 5.29. The van der Waals surface area contributed by atoms with E-state index in [0.29, 0.717) is 25.5 Å². The minimum Gasteiger partial charge on any atom is -0.353 e. The van der Waals surface area contributed by atoms with Gasteiger partial charge in [0.2, 0.25) is 5.91 Å². The molecule has 0 radical (unpaired) electrons. The summed E-state index contributed by atoms with van der Waals surface area (Å²) in [7, 11) is 0. The van der Waals surface area contributed by atoms with Gasteiger partial charge >= 0.3 is 6.18 Å². The summed E-state index contributed by atoms with van der Waals surface area (Å²) in [5, 5.41) is 0. The quantitative estimate of drug-likeness (QED) is 0.745. The summed E-state index contributed by atoms with van der Waals surface area (Å²) in [5.41, 5.74) is -0.235. The molecule has 0 bridgehead atoms. The normalized spacial score (nSPS) is 31.0. The van der Waals surface area contributed by atoms with E-state index in [4.69, 9.17) is 4.74 Å². The van der Waals surface area contributed by atoms with Crippen LogP contribution in [0.2, 0.25) is 0 Å². The van der Waals surface area contributed by atoms with Gasteiger partial charge < -0.3 is 9.64 Å². The van der Waals surface area contributed by atoms with Gasteiger partial charge in [-0.1, -0.05) is 26.0 Å². The first-order valence-electron chi connectivity index (χ1n) is 10.6. The van der Waals surface area contributed by atoms with Gasteiger partial charge in [0.1, 0.15) is 5.72 Å². The van der Waals surface area contributed by atoms with Gasteiger partial charge in [-0.05, 0) is 49.4 Å². The largest absolute Gasteiger partial charge is 0.416 e. The molecule has 3 fully saturated rings. The van der Waals surface area contributed by atoms with Gasteiger partial charge in [0.05, 0.1) is 18.2 Å². The number of benzene rings is 1. The van der Waals surface area contributed by atoms with Gasteiger partial charge in [-0.25, -0.2) is 0 Å². The molecule has 4 rings (SSSR count). The number of carbonyl (C=O) groups is 1. The topological polar surface area (TPSA) is 32.8 Å². The van der Waals surface area contributed by atoms with Gasteiger partial charge in [-0.3, -0.25) is 9.69 Å². The van der Waals surface area contributed by atoms with E-state index in [1.807, 2.05) is 4.90 Å². The predicted octanol–water partition coefficient (Wildman–Crippen LogP) is 4.29. The van der Waals surface area contributed by atoms with Crippen molar-refractivity contribution >= 4 is 5.91 Å². The average molecular weight is 410 g/mol. The summed E-state index contributed by atoms with van der Waals surface area (Å²) in [4.78, 5) is 17.1. The number of alkyl halides is 3. The molecule has 0 unspecified atom stereocenters. The van der Waals surface area contributed by atoms with E-state index in [-0.39, 0.29) is 17.9 Å². The molecule has 1 amide bonds. The van der Waals surface area contributed by atoms with E-state index in [1.54, 1.807) is 12.1 Å². The maximum absolute atomic E-state index is 12.8. The van der Waals surface area contributed by atoms with Crippen molar-refractivity contribution in [2.75, 3.05) is 19.7 Å². The highest BCUT2D eigenvalue weighted by atomic mass is 19.4. The molecular formula is C22H29F3N2O2. The maximum Gasteiger partial charge on any atom is 0.416 e. The van der Waals surface area contributed by atoms with Gasteiger partial charge in [-0.15, -0.1) is 0 Å². The first-order chi connectivity index (χ1) is 13.7. The second-order valence-electron chi connectivity index (χ2n) is 9.00. The maximum atomic E-state index is 12.8. The van der Waals surface area contributed by atoms with Crippen LogP contribution < -0.4 is 0 Å². The lowest BCUT2D eigenvalue weighted by molar-refractivity contribution is -0.178. The Morgan fingerprint density at radius 3 is 2.62 bits per heavy atom. The number of nitrogens with zero attached hydrogens (tertiary/aromatic N) is 2. The first kappa shape index (κ1) is 20.7. The number of hydrogen-bond acceptors (Lipinski definition) is 3. The standard InChI is InChI=1S/C22H29F3N2O2/c1-15(2)19-14-29-21-10-3-11-26(13-18(21)8-9-20(28)27(19)21)12-16-4-6-17(7-5-16)22(23,24)25/h4-7,15,18-19H,3,8-14H2,1-2H3/t18-,19-,21-/m1/s1. The molecule has 7 heteroatoms. The SMILES string of the molecule is CC(C)[C@H]1CO[C@]23CCCN(Cc4ccc(C(F)(F)F)cc4)C[C@H]2CCC(=O)N13. The van der Waals surface area contributed by atoms with Crippen LogP contribution >= 0.6 is 0 Å². The van der Waals surface area contributed by atoms with Crippen LogP contribution in [0.5, 0.6) is 0 Å². The fraction of sp³-hybridized carbons (Fsp3) is 0.682. The summed E-state index contributed by atoms with van der Waals surface area (Å²) < 4.78 is 44.8. The molecule has 3 saturated heterocycles. The van der Waals surface area contributed by atoms with Crippen LogP contribution in [0.15, 0.2) is 24.3 Å². The molecule has 160 valence electrons. The molecule has 3 atom stereocenters. The molecule has 1 aromatic carbocycles. The molecule has 3 heterocycles. The van der Waals surface area contributed by atoms with Crippen molar-refractivity contribution in [3.63, 3.8) is 0 Å². The molecular weight excluding hydrogens is 381 g/mol. The Hall–Kier alpha value is -1.60. The van der Waals surface area contributed by atoms with Crippen molar-refractivity contribution in [3.05, 3.63) is 35.4 Å². The van der Waals surface area contributed by atoms with Crippen molar-refractivity contribution in [2.24, 2.45) is 11.8 Å². The summed E-state index contributed by atoms with van der Waals surface area (Å²) in [6, 6.07) is 5.58. The van der Waals surface area contributed by atoms with E-state index in [2.05, 4.69) is 18.7 Å². The molecule has 0 aliphatic carbocycles. The van der Waals surface area contributed by atoms with Crippen LogP contribution in [0.4, 0.5) is 13.2 Å². The lowest BCUT2D eigenvalue weighted by atomic mass is 9.82. The molecule has 0 saturated carbocycles. The fourth-order valence-corrected chi connectivity index (χ4v) is 5.29. The highest BCUT2D eigenvalue weighted by molar-refractivity contribution is 5.78. The second kappa shape index (κ2) is 7.58. The zero-order valence-electron chi connectivity index (χ0n) is 17.0. The first-order valence-corrected chi connectivity index (χ1v) is 10.6. The molecule has 3 aliphatic heterocycles. The van der Waals surface area contributed by atoms with E-state index in [1.165, 1.54) is 0 Å². The Bertz CT molecular complexity index is 749. The second-order valence-corrected chi connectivity index (χ2v) is 9.00. The monoisotopic (exact) mass is 410 g/mol. The third kappa shape index (κ3) is 3.79. The van der Waals surface area contributed by atoms with Crippen molar-refractivity contribution in [2.45, 2.75) is 64.0 Å². The van der Waals surface area contributed by atoms with Crippen molar-refractivity contribution < 1.29 is 22.7 Å². The van der Waals surface area contributed by atoms with E-state index >= 15 is 0 Å². The van der Waals surface area contributed by atoms with Gasteiger partial charge in [0.25, 0.3) is 0 Å². The molecule has 1 spiro atoms. The van der Waals surface area contributed by atoms with E-state index < -0.39 is 17.5 Å². The third-order valence-electron chi connectivity index (χ3n) is 6.80. The van der Waals surface area contributed by atoms with Gasteiger partial charge in [-0.2, -0.15) is 13.2 Å². The highest BCUT2D eigenvalue weighted by Gasteiger charge is 2.57. The van der Waals surface area contributed by atoms with Crippen molar-refractivity contribution in [1.82, 2.24) is 9.80 Å². The van der Waals surface area contributed by atoms with E-state index in [0.717, 1.165) is 50.0 Å². The minimum absolute atomic E-state index is 0.131. The smallest absolute Gasteiger partial charge is 0.353 e. The minimum atomic E-state index is -4.31. The van der Waals surface area contributed by atoms with Crippen LogP contribution in [-0.2, 0) is 22.3 Å².